The number of carbonyl (C=O) groups excluding carboxylic acids is 1. The lowest BCUT2D eigenvalue weighted by Crippen LogP contribution is -2.19. The average molecular weight is 270 g/mol. The molecule has 5 heteroatoms. The van der Waals surface area contributed by atoms with E-state index >= 15 is 0 Å². The van der Waals surface area contributed by atoms with Crippen LogP contribution in [0.3, 0.4) is 0 Å². The summed E-state index contributed by atoms with van der Waals surface area (Å²) in [5.41, 5.74) is 3.42. The van der Waals surface area contributed by atoms with Crippen molar-refractivity contribution in [2.75, 3.05) is 35.4 Å². The summed E-state index contributed by atoms with van der Waals surface area (Å²) in [4.78, 5) is 11.9. The van der Waals surface area contributed by atoms with Crippen LogP contribution in [0, 0.1) is 0 Å². The summed E-state index contributed by atoms with van der Waals surface area (Å²) in [6.45, 7) is 0. The first kappa shape index (κ1) is 13.7. The van der Waals surface area contributed by atoms with Crippen LogP contribution in [-0.2, 0) is 0 Å². The van der Waals surface area contributed by atoms with Gasteiger partial charge < -0.3 is 21.3 Å². The fourth-order valence-corrected chi connectivity index (χ4v) is 1.77. The number of carbonyl (C=O) groups is 1. The first-order chi connectivity index (χ1) is 9.71. The van der Waals surface area contributed by atoms with Crippen molar-refractivity contribution in [3.05, 3.63) is 48.5 Å². The van der Waals surface area contributed by atoms with E-state index in [1.807, 2.05) is 62.6 Å². The molecule has 2 amide bonds. The smallest absolute Gasteiger partial charge is 0.323 e. The van der Waals surface area contributed by atoms with Crippen molar-refractivity contribution in [2.45, 2.75) is 0 Å². The molecular formula is C15H18N4O. The quantitative estimate of drug-likeness (QED) is 0.688. The van der Waals surface area contributed by atoms with Crippen LogP contribution >= 0.6 is 0 Å². The fourth-order valence-electron chi connectivity index (χ4n) is 1.77. The molecule has 2 aromatic carbocycles. The number of anilines is 4. The number of hydrogen-bond acceptors (Lipinski definition) is 3. The Bertz CT molecular complexity index is 581. The van der Waals surface area contributed by atoms with Crippen molar-refractivity contribution >= 4 is 28.8 Å². The third-order valence-electron chi connectivity index (χ3n) is 2.84. The predicted octanol–water partition coefficient (Wildman–Crippen LogP) is 3.41. The number of amides is 2. The van der Waals surface area contributed by atoms with Crippen LogP contribution in [0.2, 0.25) is 0 Å². The van der Waals surface area contributed by atoms with Crippen molar-refractivity contribution in [1.29, 1.82) is 0 Å². The van der Waals surface area contributed by atoms with Gasteiger partial charge >= 0.3 is 6.03 Å². The number of nitrogens with one attached hydrogen (secondary N) is 4. The molecule has 0 aliphatic heterocycles. The third-order valence-corrected chi connectivity index (χ3v) is 2.84. The standard InChI is InChI=1S/C15H18N4O/c1-16-11-6-8-12(9-7-11)18-15(20)19-14-5-3-4-13(10-14)17-2/h3-10,16-17H,1-2H3,(H2,18,19,20). The van der Waals surface area contributed by atoms with Crippen molar-refractivity contribution < 1.29 is 4.79 Å². The second-order valence-corrected chi connectivity index (χ2v) is 4.24. The number of rotatable bonds is 4. The molecule has 0 heterocycles. The average Bonchev–Trinajstić information content (AvgIpc) is 2.48. The molecule has 20 heavy (non-hydrogen) atoms. The van der Waals surface area contributed by atoms with Gasteiger partial charge in [0.25, 0.3) is 0 Å². The Hall–Kier alpha value is -2.69. The summed E-state index contributed by atoms with van der Waals surface area (Å²) in [5.74, 6) is 0. The molecule has 0 aromatic heterocycles. The van der Waals surface area contributed by atoms with E-state index in [9.17, 15) is 4.79 Å². The Morgan fingerprint density at radius 3 is 1.95 bits per heavy atom. The molecule has 2 rings (SSSR count). The molecule has 0 aliphatic carbocycles. The highest BCUT2D eigenvalue weighted by atomic mass is 16.2. The lowest BCUT2D eigenvalue weighted by molar-refractivity contribution is 0.262. The number of urea groups is 1. The van der Waals surface area contributed by atoms with Gasteiger partial charge in [-0.3, -0.25) is 0 Å². The summed E-state index contributed by atoms with van der Waals surface area (Å²) in [7, 11) is 3.69. The summed E-state index contributed by atoms with van der Waals surface area (Å²) in [5, 5.41) is 11.6. The normalized spacial score (nSPS) is 9.70. The summed E-state index contributed by atoms with van der Waals surface area (Å²) in [6.07, 6.45) is 0. The van der Waals surface area contributed by atoms with Gasteiger partial charge in [-0.25, -0.2) is 4.79 Å². The van der Waals surface area contributed by atoms with Gasteiger partial charge in [-0.15, -0.1) is 0 Å². The lowest BCUT2D eigenvalue weighted by atomic mass is 10.2. The van der Waals surface area contributed by atoms with Crippen LogP contribution in [0.5, 0.6) is 0 Å². The summed E-state index contributed by atoms with van der Waals surface area (Å²) < 4.78 is 0. The maximum Gasteiger partial charge on any atom is 0.323 e. The zero-order chi connectivity index (χ0) is 14.4. The molecule has 0 radical (unpaired) electrons. The number of benzene rings is 2. The van der Waals surface area contributed by atoms with E-state index in [0.717, 1.165) is 22.7 Å². The van der Waals surface area contributed by atoms with Gasteiger partial charge in [0, 0.05) is 36.8 Å². The minimum absolute atomic E-state index is 0.268. The molecule has 0 spiro atoms. The second-order valence-electron chi connectivity index (χ2n) is 4.24. The molecule has 0 saturated heterocycles. The Morgan fingerprint density at radius 2 is 1.30 bits per heavy atom. The van der Waals surface area contributed by atoms with Crippen LogP contribution in [-0.4, -0.2) is 20.1 Å². The van der Waals surface area contributed by atoms with Crippen molar-refractivity contribution in [2.24, 2.45) is 0 Å². The van der Waals surface area contributed by atoms with E-state index in [0.29, 0.717) is 0 Å². The Morgan fingerprint density at radius 1 is 0.750 bits per heavy atom. The maximum atomic E-state index is 11.9. The molecule has 0 atom stereocenters. The topological polar surface area (TPSA) is 65.2 Å². The first-order valence-electron chi connectivity index (χ1n) is 6.35. The van der Waals surface area contributed by atoms with Gasteiger partial charge in [-0.2, -0.15) is 0 Å². The Kier molecular flexibility index (Phi) is 4.44. The zero-order valence-corrected chi connectivity index (χ0v) is 11.5. The van der Waals surface area contributed by atoms with Gasteiger partial charge in [0.05, 0.1) is 0 Å². The largest absolute Gasteiger partial charge is 0.388 e. The molecule has 0 unspecified atom stereocenters. The molecule has 4 N–H and O–H groups in total. The number of hydrogen-bond donors (Lipinski definition) is 4. The van der Waals surface area contributed by atoms with Crippen molar-refractivity contribution in [3.8, 4) is 0 Å². The highest BCUT2D eigenvalue weighted by molar-refractivity contribution is 6.00. The maximum absolute atomic E-state index is 11.9. The molecule has 2 aromatic rings. The van der Waals surface area contributed by atoms with E-state index in [1.165, 1.54) is 0 Å². The van der Waals surface area contributed by atoms with Crippen molar-refractivity contribution in [1.82, 2.24) is 0 Å². The van der Waals surface area contributed by atoms with E-state index in [4.69, 9.17) is 0 Å². The van der Waals surface area contributed by atoms with Crippen LogP contribution in [0.1, 0.15) is 0 Å². The van der Waals surface area contributed by atoms with Gasteiger partial charge in [-0.05, 0) is 42.5 Å². The fraction of sp³-hybridized carbons (Fsp3) is 0.133. The monoisotopic (exact) mass is 270 g/mol. The van der Waals surface area contributed by atoms with Crippen LogP contribution in [0.25, 0.3) is 0 Å². The van der Waals surface area contributed by atoms with Crippen LogP contribution in [0.4, 0.5) is 27.5 Å². The Labute approximate surface area is 118 Å². The van der Waals surface area contributed by atoms with Gasteiger partial charge in [-0.1, -0.05) is 6.07 Å². The van der Waals surface area contributed by atoms with E-state index in [1.54, 1.807) is 0 Å². The molecule has 0 saturated carbocycles. The molecule has 104 valence electrons. The third kappa shape index (κ3) is 3.65. The van der Waals surface area contributed by atoms with Crippen LogP contribution in [0.15, 0.2) is 48.5 Å². The van der Waals surface area contributed by atoms with Crippen molar-refractivity contribution in [3.63, 3.8) is 0 Å². The predicted molar refractivity (Wildman–Crippen MR) is 84.6 cm³/mol. The van der Waals surface area contributed by atoms with Crippen LogP contribution < -0.4 is 21.3 Å². The first-order valence-corrected chi connectivity index (χ1v) is 6.35. The molecule has 5 nitrogen and oxygen atoms in total. The second kappa shape index (κ2) is 6.47. The van der Waals surface area contributed by atoms with Gasteiger partial charge in [0.1, 0.15) is 0 Å². The highest BCUT2D eigenvalue weighted by Crippen LogP contribution is 2.16. The van der Waals surface area contributed by atoms with Gasteiger partial charge in [0.2, 0.25) is 0 Å². The van der Waals surface area contributed by atoms with Gasteiger partial charge in [0.15, 0.2) is 0 Å². The Balaban J connectivity index is 1.97. The minimum atomic E-state index is -0.268. The zero-order valence-electron chi connectivity index (χ0n) is 11.5. The molecule has 0 aliphatic rings. The van der Waals surface area contributed by atoms with E-state index in [2.05, 4.69) is 21.3 Å². The summed E-state index contributed by atoms with van der Waals surface area (Å²) >= 11 is 0. The minimum Gasteiger partial charge on any atom is -0.388 e. The van der Waals surface area contributed by atoms with E-state index < -0.39 is 0 Å². The SMILES string of the molecule is CNc1ccc(NC(=O)Nc2cccc(NC)c2)cc1. The molecular weight excluding hydrogens is 252 g/mol. The molecule has 0 bridgehead atoms. The molecule has 0 fully saturated rings. The lowest BCUT2D eigenvalue weighted by Gasteiger charge is -2.09. The highest BCUT2D eigenvalue weighted by Gasteiger charge is 2.03. The van der Waals surface area contributed by atoms with E-state index in [-0.39, 0.29) is 6.03 Å². The summed E-state index contributed by atoms with van der Waals surface area (Å²) in [6, 6.07) is 14.7.